The van der Waals surface area contributed by atoms with Gasteiger partial charge in [0.2, 0.25) is 5.91 Å². The lowest BCUT2D eigenvalue weighted by molar-refractivity contribution is -0.114. The van der Waals surface area contributed by atoms with Crippen LogP contribution in [0.1, 0.15) is 31.2 Å². The van der Waals surface area contributed by atoms with E-state index in [1.165, 1.54) is 24.5 Å². The lowest BCUT2D eigenvalue weighted by Gasteiger charge is -2.24. The zero-order valence-electron chi connectivity index (χ0n) is 10.3. The van der Waals surface area contributed by atoms with E-state index in [4.69, 9.17) is 11.6 Å². The molecule has 18 heavy (non-hydrogen) atoms. The summed E-state index contributed by atoms with van der Waals surface area (Å²) in [4.78, 5) is 13.8. The fraction of sp³-hybridized carbons (Fsp3) is 0.400. The van der Waals surface area contributed by atoms with Crippen LogP contribution in [-0.2, 0) is 10.2 Å². The number of para-hydroxylation sites is 1. The van der Waals surface area contributed by atoms with Crippen molar-refractivity contribution < 1.29 is 4.79 Å². The first-order valence-electron chi connectivity index (χ1n) is 6.41. The Morgan fingerprint density at radius 3 is 2.78 bits per heavy atom. The van der Waals surface area contributed by atoms with Crippen molar-refractivity contribution in [2.24, 2.45) is 0 Å². The van der Waals surface area contributed by atoms with Gasteiger partial charge < -0.3 is 4.90 Å². The Morgan fingerprint density at radius 1 is 1.39 bits per heavy atom. The Morgan fingerprint density at radius 2 is 2.11 bits per heavy atom. The highest BCUT2D eigenvalue weighted by Gasteiger charge is 2.46. The molecule has 1 aromatic rings. The van der Waals surface area contributed by atoms with Crippen LogP contribution in [0.25, 0.3) is 0 Å². The molecule has 1 heterocycles. The van der Waals surface area contributed by atoms with Crippen LogP contribution in [0.15, 0.2) is 30.9 Å². The Bertz CT molecular complexity index is 517. The number of amides is 1. The number of hydrogen-bond acceptors (Lipinski definition) is 1. The topological polar surface area (TPSA) is 20.3 Å². The van der Waals surface area contributed by atoms with Crippen LogP contribution in [-0.4, -0.2) is 12.5 Å². The molecule has 0 radical (unpaired) electrons. The molecule has 1 amide bonds. The molecule has 2 aliphatic rings. The van der Waals surface area contributed by atoms with Crippen molar-refractivity contribution in [3.63, 3.8) is 0 Å². The van der Waals surface area contributed by atoms with E-state index in [0.717, 1.165) is 25.1 Å². The van der Waals surface area contributed by atoms with Crippen LogP contribution >= 0.6 is 11.6 Å². The smallest absolute Gasteiger partial charge is 0.250 e. The molecule has 0 saturated heterocycles. The summed E-state index contributed by atoms with van der Waals surface area (Å²) < 4.78 is 0. The van der Waals surface area contributed by atoms with E-state index >= 15 is 0 Å². The summed E-state index contributed by atoms with van der Waals surface area (Å²) in [6, 6.07) is 5.98. The third-order valence-electron chi connectivity index (χ3n) is 4.29. The highest BCUT2D eigenvalue weighted by Crippen LogP contribution is 2.52. The molecule has 1 aliphatic heterocycles. The van der Waals surface area contributed by atoms with Crippen LogP contribution in [0.5, 0.6) is 0 Å². The van der Waals surface area contributed by atoms with E-state index in [1.54, 1.807) is 4.90 Å². The summed E-state index contributed by atoms with van der Waals surface area (Å²) >= 11 is 6.30. The number of carbonyl (C=O) groups is 1. The molecule has 0 atom stereocenters. The molecule has 0 unspecified atom stereocenters. The van der Waals surface area contributed by atoms with E-state index in [2.05, 4.69) is 12.6 Å². The van der Waals surface area contributed by atoms with Crippen molar-refractivity contribution in [2.75, 3.05) is 11.4 Å². The molecule has 0 bridgehead atoms. The lowest BCUT2D eigenvalue weighted by atomic mass is 9.81. The minimum absolute atomic E-state index is 0.0480. The minimum Gasteiger partial charge on any atom is -0.306 e. The van der Waals surface area contributed by atoms with Crippen LogP contribution < -0.4 is 4.90 Å². The minimum atomic E-state index is -0.0480. The third-order valence-corrected chi connectivity index (χ3v) is 4.60. The lowest BCUT2D eigenvalue weighted by Crippen LogP contribution is -2.34. The van der Waals surface area contributed by atoms with Gasteiger partial charge in [-0.2, -0.15) is 0 Å². The quantitative estimate of drug-likeness (QED) is 0.706. The largest absolute Gasteiger partial charge is 0.306 e. The van der Waals surface area contributed by atoms with Crippen molar-refractivity contribution in [1.82, 2.24) is 0 Å². The summed E-state index contributed by atoms with van der Waals surface area (Å²) in [7, 11) is 0. The van der Waals surface area contributed by atoms with E-state index in [9.17, 15) is 4.79 Å². The molecule has 3 rings (SSSR count). The van der Waals surface area contributed by atoms with Gasteiger partial charge in [-0.25, -0.2) is 0 Å². The predicted molar refractivity (Wildman–Crippen MR) is 74.1 cm³/mol. The molecule has 1 spiro atoms. The summed E-state index contributed by atoms with van der Waals surface area (Å²) in [6.45, 7) is 4.35. The van der Waals surface area contributed by atoms with Gasteiger partial charge in [-0.1, -0.05) is 43.2 Å². The Kier molecular flexibility index (Phi) is 2.70. The highest BCUT2D eigenvalue weighted by molar-refractivity contribution is 6.34. The first-order chi connectivity index (χ1) is 8.68. The van der Waals surface area contributed by atoms with Crippen LogP contribution in [0, 0.1) is 0 Å². The highest BCUT2D eigenvalue weighted by atomic mass is 35.5. The first-order valence-corrected chi connectivity index (χ1v) is 6.79. The molecule has 94 valence electrons. The number of carbonyl (C=O) groups excluding carboxylic acids is 1. The fourth-order valence-corrected chi connectivity index (χ4v) is 3.74. The summed E-state index contributed by atoms with van der Waals surface area (Å²) in [5.41, 5.74) is 2.30. The van der Waals surface area contributed by atoms with Gasteiger partial charge in [0.05, 0.1) is 10.7 Å². The average molecular weight is 262 g/mol. The number of benzene rings is 1. The van der Waals surface area contributed by atoms with Crippen LogP contribution in [0.3, 0.4) is 0 Å². The Hall–Kier alpha value is -1.28. The van der Waals surface area contributed by atoms with Crippen LogP contribution in [0.4, 0.5) is 5.69 Å². The second-order valence-corrected chi connectivity index (χ2v) is 5.66. The van der Waals surface area contributed by atoms with Gasteiger partial charge in [0.1, 0.15) is 0 Å². The van der Waals surface area contributed by atoms with Crippen molar-refractivity contribution in [3.8, 4) is 0 Å². The normalized spacial score (nSPS) is 20.2. The molecular formula is C15H16ClNO. The second-order valence-electron chi connectivity index (χ2n) is 5.25. The van der Waals surface area contributed by atoms with Crippen LogP contribution in [0.2, 0.25) is 5.02 Å². The van der Waals surface area contributed by atoms with Gasteiger partial charge in [0.25, 0.3) is 0 Å². The molecule has 0 aromatic heterocycles. The molecule has 1 fully saturated rings. The third kappa shape index (κ3) is 1.52. The van der Waals surface area contributed by atoms with E-state index < -0.39 is 0 Å². The second kappa shape index (κ2) is 4.13. The standard InChI is InChI=1S/C15H16ClNO/c1-2-13(18)17-10-15(8-3-4-9-15)11-6-5-7-12(16)14(11)17/h2,5-7H,1,3-4,8-10H2. The van der Waals surface area contributed by atoms with E-state index in [-0.39, 0.29) is 11.3 Å². The maximum absolute atomic E-state index is 12.0. The summed E-state index contributed by atoms with van der Waals surface area (Å²) in [5, 5.41) is 0.673. The van der Waals surface area contributed by atoms with Gasteiger partial charge in [0.15, 0.2) is 0 Å². The maximum atomic E-state index is 12.0. The Balaban J connectivity index is 2.15. The van der Waals surface area contributed by atoms with Gasteiger partial charge >= 0.3 is 0 Å². The summed E-state index contributed by atoms with van der Waals surface area (Å²) in [6.07, 6.45) is 6.16. The Labute approximate surface area is 112 Å². The molecular weight excluding hydrogens is 246 g/mol. The molecule has 1 aromatic carbocycles. The molecule has 1 aliphatic carbocycles. The number of fused-ring (bicyclic) bond motifs is 2. The predicted octanol–water partition coefficient (Wildman–Crippen LogP) is 3.68. The number of rotatable bonds is 1. The fourth-order valence-electron chi connectivity index (χ4n) is 3.46. The maximum Gasteiger partial charge on any atom is 0.250 e. The van der Waals surface area contributed by atoms with E-state index in [0.29, 0.717) is 5.02 Å². The number of halogens is 1. The number of nitrogens with zero attached hydrogens (tertiary/aromatic N) is 1. The zero-order chi connectivity index (χ0) is 12.8. The molecule has 2 nitrogen and oxygen atoms in total. The molecule has 3 heteroatoms. The molecule has 0 N–H and O–H groups in total. The van der Waals surface area contributed by atoms with E-state index in [1.807, 2.05) is 12.1 Å². The average Bonchev–Trinajstić information content (AvgIpc) is 2.97. The summed E-state index contributed by atoms with van der Waals surface area (Å²) in [5.74, 6) is -0.0480. The van der Waals surface area contributed by atoms with Gasteiger partial charge in [0, 0.05) is 12.0 Å². The van der Waals surface area contributed by atoms with Crippen molar-refractivity contribution in [3.05, 3.63) is 41.4 Å². The van der Waals surface area contributed by atoms with Crippen molar-refractivity contribution >= 4 is 23.2 Å². The monoisotopic (exact) mass is 261 g/mol. The zero-order valence-corrected chi connectivity index (χ0v) is 11.0. The van der Waals surface area contributed by atoms with Crippen molar-refractivity contribution in [1.29, 1.82) is 0 Å². The molecule has 1 saturated carbocycles. The van der Waals surface area contributed by atoms with Gasteiger partial charge in [-0.05, 0) is 30.5 Å². The first kappa shape index (κ1) is 11.8. The number of anilines is 1. The number of hydrogen-bond donors (Lipinski definition) is 0. The van der Waals surface area contributed by atoms with Crippen molar-refractivity contribution in [2.45, 2.75) is 31.1 Å². The van der Waals surface area contributed by atoms with Gasteiger partial charge in [-0.3, -0.25) is 4.79 Å². The van der Waals surface area contributed by atoms with Gasteiger partial charge in [-0.15, -0.1) is 0 Å². The SMILES string of the molecule is C=CC(=O)N1CC2(CCCC2)c2cccc(Cl)c21.